The zero-order valence-corrected chi connectivity index (χ0v) is 16.6. The summed E-state index contributed by atoms with van der Waals surface area (Å²) in [5.41, 5.74) is 1.60. The number of anilines is 1. The van der Waals surface area contributed by atoms with Crippen LogP contribution in [0.3, 0.4) is 0 Å². The summed E-state index contributed by atoms with van der Waals surface area (Å²) in [5, 5.41) is 2.58. The van der Waals surface area contributed by atoms with Crippen LogP contribution in [0.4, 0.5) is 18.9 Å². The number of carbonyl (C=O) groups is 1. The van der Waals surface area contributed by atoms with Gasteiger partial charge in [0, 0.05) is 24.7 Å². The van der Waals surface area contributed by atoms with Crippen molar-refractivity contribution in [1.82, 2.24) is 4.90 Å². The second-order valence-electron chi connectivity index (χ2n) is 7.57. The van der Waals surface area contributed by atoms with Gasteiger partial charge in [0.15, 0.2) is 11.5 Å². The van der Waals surface area contributed by atoms with Gasteiger partial charge in [0.05, 0.1) is 25.3 Å². The van der Waals surface area contributed by atoms with Crippen LogP contribution in [0.2, 0.25) is 0 Å². The summed E-state index contributed by atoms with van der Waals surface area (Å²) in [4.78, 5) is 14.5. The number of benzene rings is 2. The Hall–Kier alpha value is -2.74. The third-order valence-corrected chi connectivity index (χ3v) is 5.50. The quantitative estimate of drug-likeness (QED) is 0.799. The highest BCUT2D eigenvalue weighted by atomic mass is 19.4. The van der Waals surface area contributed by atoms with E-state index in [0.717, 1.165) is 36.3 Å². The number of ether oxygens (including phenoxy) is 2. The van der Waals surface area contributed by atoms with E-state index in [1.165, 1.54) is 17.7 Å². The lowest BCUT2D eigenvalue weighted by molar-refractivity contribution is -0.137. The molecule has 0 fully saturated rings. The summed E-state index contributed by atoms with van der Waals surface area (Å²) in [7, 11) is 0. The Kier molecular flexibility index (Phi) is 5.60. The highest BCUT2D eigenvalue weighted by molar-refractivity contribution is 5.92. The van der Waals surface area contributed by atoms with Crippen LogP contribution in [0.5, 0.6) is 11.5 Å². The number of hydrogen-bond acceptors (Lipinski definition) is 4. The molecule has 1 unspecified atom stereocenters. The zero-order valence-electron chi connectivity index (χ0n) is 16.6. The third-order valence-electron chi connectivity index (χ3n) is 5.50. The molecule has 0 aromatic heterocycles. The first kappa shape index (κ1) is 20.5. The first-order valence-corrected chi connectivity index (χ1v) is 9.95. The minimum Gasteiger partial charge on any atom is -0.490 e. The van der Waals surface area contributed by atoms with E-state index in [2.05, 4.69) is 5.32 Å². The SMILES string of the molecule is CC1c2cc3c(cc2CCN1CC(=O)Nc1cccc(C(F)(F)F)c1)OCCCO3. The molecule has 2 aliphatic heterocycles. The van der Waals surface area contributed by atoms with E-state index in [9.17, 15) is 18.0 Å². The first-order valence-electron chi connectivity index (χ1n) is 9.95. The van der Waals surface area contributed by atoms with Crippen molar-refractivity contribution in [3.63, 3.8) is 0 Å². The summed E-state index contributed by atoms with van der Waals surface area (Å²) in [5.74, 6) is 1.13. The topological polar surface area (TPSA) is 50.8 Å². The van der Waals surface area contributed by atoms with Crippen molar-refractivity contribution >= 4 is 11.6 Å². The molecule has 5 nitrogen and oxygen atoms in total. The van der Waals surface area contributed by atoms with Crippen LogP contribution >= 0.6 is 0 Å². The second kappa shape index (κ2) is 8.18. The Morgan fingerprint density at radius 1 is 1.17 bits per heavy atom. The van der Waals surface area contributed by atoms with Gasteiger partial charge in [-0.1, -0.05) is 6.07 Å². The van der Waals surface area contributed by atoms with Crippen molar-refractivity contribution in [3.8, 4) is 11.5 Å². The number of amides is 1. The van der Waals surface area contributed by atoms with E-state index < -0.39 is 11.7 Å². The summed E-state index contributed by atoms with van der Waals surface area (Å²) in [6, 6.07) is 8.64. The summed E-state index contributed by atoms with van der Waals surface area (Å²) in [6.45, 7) is 4.00. The van der Waals surface area contributed by atoms with Gasteiger partial charge in [-0.15, -0.1) is 0 Å². The Morgan fingerprint density at radius 2 is 1.90 bits per heavy atom. The monoisotopic (exact) mass is 420 g/mol. The van der Waals surface area contributed by atoms with Gasteiger partial charge < -0.3 is 14.8 Å². The second-order valence-corrected chi connectivity index (χ2v) is 7.57. The normalized spacial score (nSPS) is 19.0. The van der Waals surface area contributed by atoms with Crippen LogP contribution in [0.15, 0.2) is 36.4 Å². The average Bonchev–Trinajstić information content (AvgIpc) is 2.93. The first-order chi connectivity index (χ1) is 14.3. The van der Waals surface area contributed by atoms with E-state index in [0.29, 0.717) is 25.5 Å². The molecule has 2 aromatic carbocycles. The zero-order chi connectivity index (χ0) is 21.3. The van der Waals surface area contributed by atoms with Crippen LogP contribution in [0.1, 0.15) is 36.1 Å². The van der Waals surface area contributed by atoms with Crippen molar-refractivity contribution in [3.05, 3.63) is 53.1 Å². The highest BCUT2D eigenvalue weighted by Crippen LogP contribution is 2.39. The van der Waals surface area contributed by atoms with E-state index in [-0.39, 0.29) is 24.2 Å². The maximum Gasteiger partial charge on any atom is 0.416 e. The van der Waals surface area contributed by atoms with Crippen molar-refractivity contribution in [2.24, 2.45) is 0 Å². The number of hydrogen-bond donors (Lipinski definition) is 1. The average molecular weight is 420 g/mol. The molecule has 1 atom stereocenters. The van der Waals surface area contributed by atoms with Crippen molar-refractivity contribution in [2.75, 3.05) is 31.6 Å². The van der Waals surface area contributed by atoms with Gasteiger partial charge in [0.1, 0.15) is 0 Å². The molecule has 0 aliphatic carbocycles. The molecule has 1 amide bonds. The number of nitrogens with one attached hydrogen (secondary N) is 1. The maximum absolute atomic E-state index is 12.9. The number of carbonyl (C=O) groups excluding carboxylic acids is 1. The molecule has 2 heterocycles. The predicted octanol–water partition coefficient (Wildman–Crippen LogP) is 4.42. The Bertz CT molecular complexity index is 946. The predicted molar refractivity (Wildman–Crippen MR) is 106 cm³/mol. The van der Waals surface area contributed by atoms with E-state index in [1.807, 2.05) is 24.0 Å². The summed E-state index contributed by atoms with van der Waals surface area (Å²) >= 11 is 0. The van der Waals surface area contributed by atoms with Crippen LogP contribution in [0, 0.1) is 0 Å². The molecule has 0 saturated heterocycles. The van der Waals surface area contributed by atoms with Crippen molar-refractivity contribution < 1.29 is 27.4 Å². The minimum atomic E-state index is -4.45. The van der Waals surface area contributed by atoms with Crippen LogP contribution in [-0.4, -0.2) is 37.1 Å². The van der Waals surface area contributed by atoms with Gasteiger partial charge in [-0.3, -0.25) is 9.69 Å². The molecule has 160 valence electrons. The lowest BCUT2D eigenvalue weighted by atomic mass is 9.93. The summed E-state index contributed by atoms with van der Waals surface area (Å²) in [6.07, 6.45) is -2.86. The molecule has 4 rings (SSSR count). The molecule has 0 spiro atoms. The fraction of sp³-hybridized carbons (Fsp3) is 0.409. The molecule has 2 aliphatic rings. The Balaban J connectivity index is 1.45. The van der Waals surface area contributed by atoms with Gasteiger partial charge in [-0.05, 0) is 54.8 Å². The van der Waals surface area contributed by atoms with Gasteiger partial charge in [-0.25, -0.2) is 0 Å². The summed E-state index contributed by atoms with van der Waals surface area (Å²) < 4.78 is 50.2. The molecular formula is C22H23F3N2O3. The number of nitrogens with zero attached hydrogens (tertiary/aromatic N) is 1. The van der Waals surface area contributed by atoms with Crippen LogP contribution < -0.4 is 14.8 Å². The molecule has 0 saturated carbocycles. The number of halogens is 3. The van der Waals surface area contributed by atoms with E-state index in [4.69, 9.17) is 9.47 Å². The minimum absolute atomic E-state index is 0.0295. The molecule has 1 N–H and O–H groups in total. The molecule has 0 bridgehead atoms. The number of alkyl halides is 3. The van der Waals surface area contributed by atoms with Crippen molar-refractivity contribution in [1.29, 1.82) is 0 Å². The third kappa shape index (κ3) is 4.38. The van der Waals surface area contributed by atoms with Crippen LogP contribution in [-0.2, 0) is 17.4 Å². The maximum atomic E-state index is 12.9. The number of fused-ring (bicyclic) bond motifs is 2. The fourth-order valence-corrected chi connectivity index (χ4v) is 3.90. The molecule has 8 heteroatoms. The van der Waals surface area contributed by atoms with Crippen LogP contribution in [0.25, 0.3) is 0 Å². The van der Waals surface area contributed by atoms with E-state index in [1.54, 1.807) is 0 Å². The Labute approximate surface area is 172 Å². The largest absolute Gasteiger partial charge is 0.490 e. The number of rotatable bonds is 3. The Morgan fingerprint density at radius 3 is 2.63 bits per heavy atom. The molecule has 2 aromatic rings. The lowest BCUT2D eigenvalue weighted by Gasteiger charge is -2.35. The standard InChI is InChI=1S/C22H23F3N2O3/c1-14-18-12-20-19(29-8-3-9-30-20)10-15(18)6-7-27(14)13-21(28)26-17-5-2-4-16(11-17)22(23,24)25/h2,4-5,10-12,14H,3,6-9,13H2,1H3,(H,26,28). The lowest BCUT2D eigenvalue weighted by Crippen LogP contribution is -2.39. The van der Waals surface area contributed by atoms with Gasteiger partial charge in [0.2, 0.25) is 5.91 Å². The van der Waals surface area contributed by atoms with Gasteiger partial charge in [0.25, 0.3) is 0 Å². The van der Waals surface area contributed by atoms with E-state index >= 15 is 0 Å². The fourth-order valence-electron chi connectivity index (χ4n) is 3.90. The molecular weight excluding hydrogens is 397 g/mol. The highest BCUT2D eigenvalue weighted by Gasteiger charge is 2.31. The van der Waals surface area contributed by atoms with Gasteiger partial charge >= 0.3 is 6.18 Å². The smallest absolute Gasteiger partial charge is 0.416 e. The van der Waals surface area contributed by atoms with Crippen molar-refractivity contribution in [2.45, 2.75) is 32.0 Å². The molecule has 30 heavy (non-hydrogen) atoms. The molecule has 0 radical (unpaired) electrons. The van der Waals surface area contributed by atoms with Gasteiger partial charge in [-0.2, -0.15) is 13.2 Å².